The van der Waals surface area contributed by atoms with E-state index in [1.54, 1.807) is 17.0 Å². The predicted molar refractivity (Wildman–Crippen MR) is 97.5 cm³/mol. The first-order chi connectivity index (χ1) is 13.0. The van der Waals surface area contributed by atoms with Gasteiger partial charge < -0.3 is 14.6 Å². The van der Waals surface area contributed by atoms with Gasteiger partial charge in [-0.1, -0.05) is 18.2 Å². The van der Waals surface area contributed by atoms with Crippen LogP contribution in [-0.2, 0) is 16.0 Å². The van der Waals surface area contributed by atoms with Gasteiger partial charge in [0.2, 0.25) is 11.8 Å². The smallest absolute Gasteiger partial charge is 0.247 e. The summed E-state index contributed by atoms with van der Waals surface area (Å²) in [6.07, 6.45) is 2.01. The van der Waals surface area contributed by atoms with Crippen molar-refractivity contribution in [3.63, 3.8) is 0 Å². The van der Waals surface area contributed by atoms with Crippen LogP contribution in [0.5, 0.6) is 0 Å². The molecule has 1 N–H and O–H groups in total. The van der Waals surface area contributed by atoms with Gasteiger partial charge in [0.05, 0.1) is 17.8 Å². The Morgan fingerprint density at radius 1 is 1.26 bits per heavy atom. The van der Waals surface area contributed by atoms with Crippen LogP contribution in [0, 0.1) is 12.7 Å². The SMILES string of the molecule is Cc1nc2ccccn2c1CC(=O)N1CCNC(=O)C1c1ccc(F)cc1. The lowest BCUT2D eigenvalue weighted by atomic mass is 10.0. The van der Waals surface area contributed by atoms with E-state index in [0.29, 0.717) is 18.7 Å². The summed E-state index contributed by atoms with van der Waals surface area (Å²) in [6.45, 7) is 2.67. The fourth-order valence-corrected chi connectivity index (χ4v) is 3.53. The standard InChI is InChI=1S/C20H19FN4O2/c1-13-16(24-10-3-2-4-17(24)23-13)12-18(26)25-11-9-22-20(27)19(25)14-5-7-15(21)8-6-14/h2-8,10,19H,9,11-12H2,1H3,(H,22,27). The number of rotatable bonds is 3. The molecule has 7 heteroatoms. The Hall–Kier alpha value is -3.22. The second-order valence-electron chi connectivity index (χ2n) is 6.58. The van der Waals surface area contributed by atoms with E-state index in [2.05, 4.69) is 10.3 Å². The summed E-state index contributed by atoms with van der Waals surface area (Å²) in [5.74, 6) is -0.793. The van der Waals surface area contributed by atoms with Gasteiger partial charge in [0.15, 0.2) is 0 Å². The van der Waals surface area contributed by atoms with Gasteiger partial charge in [-0.15, -0.1) is 0 Å². The molecule has 1 aromatic carbocycles. The molecule has 6 nitrogen and oxygen atoms in total. The number of piperazine rings is 1. The molecular formula is C20H19FN4O2. The molecule has 4 rings (SSSR count). The van der Waals surface area contributed by atoms with Gasteiger partial charge in [-0.05, 0) is 36.8 Å². The molecule has 27 heavy (non-hydrogen) atoms. The number of pyridine rings is 1. The number of fused-ring (bicyclic) bond motifs is 1. The summed E-state index contributed by atoms with van der Waals surface area (Å²) in [5.41, 5.74) is 2.97. The van der Waals surface area contributed by atoms with Crippen molar-refractivity contribution in [1.29, 1.82) is 0 Å². The lowest BCUT2D eigenvalue weighted by Gasteiger charge is -2.35. The van der Waals surface area contributed by atoms with Crippen molar-refractivity contribution >= 4 is 17.5 Å². The number of nitrogens with one attached hydrogen (secondary N) is 1. The van der Waals surface area contributed by atoms with E-state index >= 15 is 0 Å². The van der Waals surface area contributed by atoms with Crippen molar-refractivity contribution in [3.8, 4) is 0 Å². The van der Waals surface area contributed by atoms with Gasteiger partial charge in [0, 0.05) is 19.3 Å². The predicted octanol–water partition coefficient (Wildman–Crippen LogP) is 2.02. The maximum absolute atomic E-state index is 13.3. The molecule has 1 saturated heterocycles. The van der Waals surface area contributed by atoms with Crippen molar-refractivity contribution in [1.82, 2.24) is 19.6 Å². The molecule has 0 spiro atoms. The molecule has 0 saturated carbocycles. The Morgan fingerprint density at radius 2 is 2.04 bits per heavy atom. The number of halogens is 1. The van der Waals surface area contributed by atoms with Crippen molar-refractivity contribution in [2.24, 2.45) is 0 Å². The van der Waals surface area contributed by atoms with E-state index in [0.717, 1.165) is 17.0 Å². The number of aromatic nitrogens is 2. The molecule has 0 bridgehead atoms. The lowest BCUT2D eigenvalue weighted by Crippen LogP contribution is -2.52. The fourth-order valence-electron chi connectivity index (χ4n) is 3.53. The maximum atomic E-state index is 13.3. The molecular weight excluding hydrogens is 347 g/mol. The van der Waals surface area contributed by atoms with Gasteiger partial charge in [0.1, 0.15) is 17.5 Å². The highest BCUT2D eigenvalue weighted by atomic mass is 19.1. The second-order valence-corrected chi connectivity index (χ2v) is 6.58. The Kier molecular flexibility index (Phi) is 4.35. The average Bonchev–Trinajstić information content (AvgIpc) is 2.98. The third-order valence-electron chi connectivity index (χ3n) is 4.87. The van der Waals surface area contributed by atoms with E-state index in [-0.39, 0.29) is 24.1 Å². The molecule has 0 radical (unpaired) electrons. The highest BCUT2D eigenvalue weighted by Gasteiger charge is 2.34. The zero-order valence-corrected chi connectivity index (χ0v) is 14.9. The lowest BCUT2D eigenvalue weighted by molar-refractivity contribution is -0.143. The topological polar surface area (TPSA) is 66.7 Å². The van der Waals surface area contributed by atoms with Crippen LogP contribution < -0.4 is 5.32 Å². The molecule has 1 fully saturated rings. The van der Waals surface area contributed by atoms with Crippen LogP contribution in [0.1, 0.15) is 23.0 Å². The van der Waals surface area contributed by atoms with Crippen LogP contribution in [0.15, 0.2) is 48.7 Å². The van der Waals surface area contributed by atoms with Gasteiger partial charge in [-0.2, -0.15) is 0 Å². The number of nitrogens with zero attached hydrogens (tertiary/aromatic N) is 3. The maximum Gasteiger partial charge on any atom is 0.247 e. The molecule has 1 atom stereocenters. The van der Waals surface area contributed by atoms with E-state index < -0.39 is 6.04 Å². The molecule has 3 aromatic rings. The van der Waals surface area contributed by atoms with Crippen molar-refractivity contribution in [2.45, 2.75) is 19.4 Å². The Balaban J connectivity index is 1.65. The van der Waals surface area contributed by atoms with Crippen LogP contribution in [0.3, 0.4) is 0 Å². The van der Waals surface area contributed by atoms with Crippen LogP contribution >= 0.6 is 0 Å². The second kappa shape index (κ2) is 6.83. The molecule has 3 heterocycles. The Bertz CT molecular complexity index is 1010. The van der Waals surface area contributed by atoms with Gasteiger partial charge >= 0.3 is 0 Å². The van der Waals surface area contributed by atoms with Crippen LogP contribution in [0.25, 0.3) is 5.65 Å². The van der Waals surface area contributed by atoms with Crippen LogP contribution in [-0.4, -0.2) is 39.2 Å². The minimum absolute atomic E-state index is 0.141. The Morgan fingerprint density at radius 3 is 2.81 bits per heavy atom. The molecule has 1 aliphatic heterocycles. The number of hydrogen-bond donors (Lipinski definition) is 1. The zero-order chi connectivity index (χ0) is 19.0. The van der Waals surface area contributed by atoms with E-state index in [1.165, 1.54) is 12.1 Å². The Labute approximate surface area is 155 Å². The molecule has 0 aliphatic carbocycles. The summed E-state index contributed by atoms with van der Waals surface area (Å²) in [7, 11) is 0. The third kappa shape index (κ3) is 3.16. The average molecular weight is 366 g/mol. The zero-order valence-electron chi connectivity index (χ0n) is 14.9. The van der Waals surface area contributed by atoms with Gasteiger partial charge in [-0.25, -0.2) is 9.37 Å². The number of aryl methyl sites for hydroxylation is 1. The van der Waals surface area contributed by atoms with Crippen LogP contribution in [0.2, 0.25) is 0 Å². The van der Waals surface area contributed by atoms with Crippen molar-refractivity contribution < 1.29 is 14.0 Å². The highest BCUT2D eigenvalue weighted by Crippen LogP contribution is 2.25. The number of carbonyl (C=O) groups is 2. The van der Waals surface area contributed by atoms with Gasteiger partial charge in [-0.3, -0.25) is 9.59 Å². The third-order valence-corrected chi connectivity index (χ3v) is 4.87. The fraction of sp³-hybridized carbons (Fsp3) is 0.250. The summed E-state index contributed by atoms with van der Waals surface area (Å²) in [6, 6.07) is 10.6. The monoisotopic (exact) mass is 366 g/mol. The van der Waals surface area contributed by atoms with E-state index in [9.17, 15) is 14.0 Å². The minimum Gasteiger partial charge on any atom is -0.352 e. The number of imidazole rings is 1. The first-order valence-electron chi connectivity index (χ1n) is 8.80. The van der Waals surface area contributed by atoms with E-state index in [1.807, 2.05) is 35.7 Å². The first-order valence-corrected chi connectivity index (χ1v) is 8.80. The number of carbonyl (C=O) groups excluding carboxylic acids is 2. The van der Waals surface area contributed by atoms with Crippen molar-refractivity contribution in [2.75, 3.05) is 13.1 Å². The van der Waals surface area contributed by atoms with E-state index in [4.69, 9.17) is 0 Å². The number of benzene rings is 1. The minimum atomic E-state index is -0.758. The highest BCUT2D eigenvalue weighted by molar-refractivity contribution is 5.90. The van der Waals surface area contributed by atoms with Gasteiger partial charge in [0.25, 0.3) is 0 Å². The van der Waals surface area contributed by atoms with Crippen molar-refractivity contribution in [3.05, 3.63) is 71.4 Å². The summed E-state index contributed by atoms with van der Waals surface area (Å²) < 4.78 is 15.2. The largest absolute Gasteiger partial charge is 0.352 e. The quantitative estimate of drug-likeness (QED) is 0.771. The summed E-state index contributed by atoms with van der Waals surface area (Å²) in [5, 5.41) is 2.79. The summed E-state index contributed by atoms with van der Waals surface area (Å²) in [4.78, 5) is 31.6. The molecule has 1 aliphatic rings. The normalized spacial score (nSPS) is 17.2. The number of hydrogen-bond acceptors (Lipinski definition) is 3. The molecule has 138 valence electrons. The van der Waals surface area contributed by atoms with Crippen LogP contribution in [0.4, 0.5) is 4.39 Å². The first kappa shape index (κ1) is 17.2. The molecule has 2 amide bonds. The number of amides is 2. The molecule has 2 aromatic heterocycles. The molecule has 1 unspecified atom stereocenters. The summed E-state index contributed by atoms with van der Waals surface area (Å²) >= 11 is 0.